The second-order valence-corrected chi connectivity index (χ2v) is 6.51. The molecule has 4 heteroatoms. The maximum atomic E-state index is 4.84. The van der Waals surface area contributed by atoms with Crippen molar-refractivity contribution in [2.45, 2.75) is 6.54 Å². The summed E-state index contributed by atoms with van der Waals surface area (Å²) in [6.45, 7) is 0.734. The monoisotopic (exact) mass is 350 g/mol. The average molecular weight is 350 g/mol. The van der Waals surface area contributed by atoms with Crippen LogP contribution in [0.3, 0.4) is 0 Å². The molecule has 130 valence electrons. The van der Waals surface area contributed by atoms with Crippen molar-refractivity contribution in [3.05, 3.63) is 97.0 Å². The molecule has 5 rings (SSSR count). The molecular formula is C23H18N4. The molecule has 0 aliphatic carbocycles. The van der Waals surface area contributed by atoms with Gasteiger partial charge in [0.05, 0.1) is 6.20 Å². The fourth-order valence-corrected chi connectivity index (χ4v) is 3.40. The quantitative estimate of drug-likeness (QED) is 0.487. The van der Waals surface area contributed by atoms with E-state index in [2.05, 4.69) is 81.4 Å². The first-order valence-electron chi connectivity index (χ1n) is 8.97. The molecule has 2 aromatic heterocycles. The van der Waals surface area contributed by atoms with Gasteiger partial charge in [0.25, 0.3) is 0 Å². The zero-order valence-corrected chi connectivity index (χ0v) is 14.7. The standard InChI is InChI=1S/C23H18N4/c1-2-6-17(7-3-1)15-25-23-22(26-21-16-24-12-13-27(21)23)20-11-10-18-8-4-5-9-19(18)14-20/h1-14,16,25H,15H2. The summed E-state index contributed by atoms with van der Waals surface area (Å²) in [5.74, 6) is 0.978. The van der Waals surface area contributed by atoms with Gasteiger partial charge in [-0.2, -0.15) is 0 Å². The first-order valence-corrected chi connectivity index (χ1v) is 8.97. The Morgan fingerprint density at radius 2 is 1.67 bits per heavy atom. The van der Waals surface area contributed by atoms with Gasteiger partial charge in [-0.3, -0.25) is 9.38 Å². The smallest absolute Gasteiger partial charge is 0.157 e. The van der Waals surface area contributed by atoms with E-state index in [0.29, 0.717) is 0 Å². The second-order valence-electron chi connectivity index (χ2n) is 6.51. The molecule has 0 atom stereocenters. The Morgan fingerprint density at radius 3 is 2.56 bits per heavy atom. The van der Waals surface area contributed by atoms with E-state index in [0.717, 1.165) is 29.3 Å². The molecule has 0 unspecified atom stereocenters. The highest BCUT2D eigenvalue weighted by atomic mass is 15.1. The first-order chi connectivity index (χ1) is 13.4. The molecule has 2 heterocycles. The fraction of sp³-hybridized carbons (Fsp3) is 0.0435. The van der Waals surface area contributed by atoms with Gasteiger partial charge >= 0.3 is 0 Å². The Labute approximate surface area is 157 Å². The van der Waals surface area contributed by atoms with Crippen molar-refractivity contribution in [3.63, 3.8) is 0 Å². The first kappa shape index (κ1) is 15.6. The number of rotatable bonds is 4. The summed E-state index contributed by atoms with van der Waals surface area (Å²) in [7, 11) is 0. The minimum atomic E-state index is 0.734. The molecule has 27 heavy (non-hydrogen) atoms. The van der Waals surface area contributed by atoms with Crippen molar-refractivity contribution in [1.82, 2.24) is 14.4 Å². The molecule has 0 radical (unpaired) electrons. The van der Waals surface area contributed by atoms with Crippen molar-refractivity contribution in [1.29, 1.82) is 0 Å². The molecule has 1 N–H and O–H groups in total. The summed E-state index contributed by atoms with van der Waals surface area (Å²) in [5, 5.41) is 6.01. The van der Waals surface area contributed by atoms with E-state index in [1.807, 2.05) is 12.3 Å². The van der Waals surface area contributed by atoms with E-state index in [-0.39, 0.29) is 0 Å². The van der Waals surface area contributed by atoms with E-state index in [4.69, 9.17) is 4.98 Å². The van der Waals surface area contributed by atoms with Crippen LogP contribution < -0.4 is 5.32 Å². The summed E-state index contributed by atoms with van der Waals surface area (Å²) in [5.41, 5.74) is 4.08. The Hall–Kier alpha value is -3.66. The van der Waals surface area contributed by atoms with Crippen molar-refractivity contribution in [2.24, 2.45) is 0 Å². The third-order valence-corrected chi connectivity index (χ3v) is 4.76. The number of fused-ring (bicyclic) bond motifs is 2. The van der Waals surface area contributed by atoms with E-state index in [9.17, 15) is 0 Å². The maximum absolute atomic E-state index is 4.84. The van der Waals surface area contributed by atoms with Crippen LogP contribution in [0.2, 0.25) is 0 Å². The van der Waals surface area contributed by atoms with Gasteiger partial charge in [0.2, 0.25) is 0 Å². The van der Waals surface area contributed by atoms with Crippen LogP contribution in [0.5, 0.6) is 0 Å². The molecule has 0 bridgehead atoms. The largest absolute Gasteiger partial charge is 0.365 e. The van der Waals surface area contributed by atoms with Gasteiger partial charge in [0, 0.05) is 24.5 Å². The minimum Gasteiger partial charge on any atom is -0.365 e. The average Bonchev–Trinajstić information content (AvgIpc) is 3.11. The molecule has 0 saturated heterocycles. The van der Waals surface area contributed by atoms with Gasteiger partial charge in [-0.25, -0.2) is 4.98 Å². The third-order valence-electron chi connectivity index (χ3n) is 4.76. The van der Waals surface area contributed by atoms with Crippen LogP contribution in [0, 0.1) is 0 Å². The fourth-order valence-electron chi connectivity index (χ4n) is 3.40. The third kappa shape index (κ3) is 2.91. The Kier molecular flexibility index (Phi) is 3.79. The predicted octanol–water partition coefficient (Wildman–Crippen LogP) is 5.16. The second kappa shape index (κ2) is 6.57. The lowest BCUT2D eigenvalue weighted by Gasteiger charge is -2.09. The number of benzene rings is 3. The SMILES string of the molecule is c1ccc(CNc2c(-c3ccc4ccccc4c3)nc3cnccn23)cc1. The Bertz CT molecular complexity index is 1230. The minimum absolute atomic E-state index is 0.734. The predicted molar refractivity (Wildman–Crippen MR) is 110 cm³/mol. The Morgan fingerprint density at radius 1 is 0.852 bits per heavy atom. The maximum Gasteiger partial charge on any atom is 0.157 e. The molecule has 5 aromatic rings. The van der Waals surface area contributed by atoms with Gasteiger partial charge in [0.15, 0.2) is 5.65 Å². The number of nitrogens with zero attached hydrogens (tertiary/aromatic N) is 3. The number of aromatic nitrogens is 3. The van der Waals surface area contributed by atoms with Crippen molar-refractivity contribution in [3.8, 4) is 11.3 Å². The number of imidazole rings is 1. The van der Waals surface area contributed by atoms with Crippen LogP contribution >= 0.6 is 0 Å². The summed E-state index contributed by atoms with van der Waals surface area (Å²) in [4.78, 5) is 9.06. The number of hydrogen-bond donors (Lipinski definition) is 1. The van der Waals surface area contributed by atoms with Gasteiger partial charge in [-0.15, -0.1) is 0 Å². The van der Waals surface area contributed by atoms with E-state index >= 15 is 0 Å². The lowest BCUT2D eigenvalue weighted by molar-refractivity contribution is 1.07. The Balaban J connectivity index is 1.62. The summed E-state index contributed by atoms with van der Waals surface area (Å²) in [6.07, 6.45) is 5.52. The number of anilines is 1. The van der Waals surface area contributed by atoms with Gasteiger partial charge in [-0.1, -0.05) is 66.7 Å². The zero-order valence-electron chi connectivity index (χ0n) is 14.7. The van der Waals surface area contributed by atoms with Crippen molar-refractivity contribution < 1.29 is 0 Å². The normalized spacial score (nSPS) is 11.1. The number of hydrogen-bond acceptors (Lipinski definition) is 3. The molecule has 0 amide bonds. The summed E-state index contributed by atoms with van der Waals surface area (Å²) >= 11 is 0. The molecule has 0 spiro atoms. The number of nitrogens with one attached hydrogen (secondary N) is 1. The molecule has 3 aromatic carbocycles. The topological polar surface area (TPSA) is 42.2 Å². The van der Waals surface area contributed by atoms with Gasteiger partial charge in [0.1, 0.15) is 11.5 Å². The van der Waals surface area contributed by atoms with E-state index in [1.165, 1.54) is 16.3 Å². The molecule has 0 fully saturated rings. The molecular weight excluding hydrogens is 332 g/mol. The highest BCUT2D eigenvalue weighted by Gasteiger charge is 2.14. The highest BCUT2D eigenvalue weighted by molar-refractivity contribution is 5.89. The summed E-state index contributed by atoms with van der Waals surface area (Å²) in [6, 6.07) is 25.2. The zero-order chi connectivity index (χ0) is 18.1. The molecule has 0 aliphatic rings. The van der Waals surface area contributed by atoms with Crippen LogP contribution in [0.1, 0.15) is 5.56 Å². The van der Waals surface area contributed by atoms with E-state index in [1.54, 1.807) is 12.4 Å². The molecule has 0 aliphatic heterocycles. The van der Waals surface area contributed by atoms with Crippen molar-refractivity contribution >= 4 is 22.2 Å². The van der Waals surface area contributed by atoms with E-state index < -0.39 is 0 Å². The van der Waals surface area contributed by atoms with Crippen LogP contribution in [-0.2, 0) is 6.54 Å². The van der Waals surface area contributed by atoms with Gasteiger partial charge in [-0.05, 0) is 22.4 Å². The van der Waals surface area contributed by atoms with Crippen LogP contribution in [0.25, 0.3) is 27.7 Å². The lowest BCUT2D eigenvalue weighted by atomic mass is 10.1. The van der Waals surface area contributed by atoms with Gasteiger partial charge < -0.3 is 5.32 Å². The summed E-state index contributed by atoms with van der Waals surface area (Å²) < 4.78 is 2.06. The van der Waals surface area contributed by atoms with Crippen LogP contribution in [0.4, 0.5) is 5.82 Å². The van der Waals surface area contributed by atoms with Crippen LogP contribution in [-0.4, -0.2) is 14.4 Å². The lowest BCUT2D eigenvalue weighted by Crippen LogP contribution is -2.03. The van der Waals surface area contributed by atoms with Crippen molar-refractivity contribution in [2.75, 3.05) is 5.32 Å². The highest BCUT2D eigenvalue weighted by Crippen LogP contribution is 2.31. The molecule has 0 saturated carbocycles. The molecule has 4 nitrogen and oxygen atoms in total. The van der Waals surface area contributed by atoms with Crippen LogP contribution in [0.15, 0.2) is 91.4 Å².